The number of halogens is 1. The summed E-state index contributed by atoms with van der Waals surface area (Å²) in [5.74, 6) is 2.39. The van der Waals surface area contributed by atoms with E-state index >= 15 is 0 Å². The minimum absolute atomic E-state index is 0.0994. The van der Waals surface area contributed by atoms with Crippen LogP contribution in [0.5, 0.6) is 0 Å². The fraction of sp³-hybridized carbons (Fsp3) is 0.727. The van der Waals surface area contributed by atoms with Crippen molar-refractivity contribution in [2.24, 2.45) is 17.8 Å². The van der Waals surface area contributed by atoms with Gasteiger partial charge in [-0.1, -0.05) is 6.42 Å². The van der Waals surface area contributed by atoms with Crippen LogP contribution in [0.4, 0.5) is 0 Å². The van der Waals surface area contributed by atoms with Crippen molar-refractivity contribution in [1.82, 2.24) is 9.78 Å². The summed E-state index contributed by atoms with van der Waals surface area (Å²) < 4.78 is 24.0. The quantitative estimate of drug-likeness (QED) is 0.795. The van der Waals surface area contributed by atoms with Crippen molar-refractivity contribution in [2.45, 2.75) is 37.1 Å². The van der Waals surface area contributed by atoms with Crippen molar-refractivity contribution in [3.05, 3.63) is 12.4 Å². The average molecular weight is 275 g/mol. The van der Waals surface area contributed by atoms with Crippen LogP contribution in [-0.2, 0) is 15.6 Å². The van der Waals surface area contributed by atoms with Crippen LogP contribution in [0.3, 0.4) is 0 Å². The number of hydrogen-bond acceptors (Lipinski definition) is 3. The minimum atomic E-state index is -3.64. The molecule has 0 aromatic carbocycles. The fourth-order valence-corrected chi connectivity index (χ4v) is 4.07. The maximum atomic E-state index is 11.1. The van der Waals surface area contributed by atoms with E-state index < -0.39 is 9.05 Å². The van der Waals surface area contributed by atoms with E-state index in [-0.39, 0.29) is 4.90 Å². The Hall–Kier alpha value is -0.550. The molecule has 94 valence electrons. The molecule has 2 aliphatic carbocycles. The second-order valence-corrected chi connectivity index (χ2v) is 7.84. The van der Waals surface area contributed by atoms with Gasteiger partial charge < -0.3 is 0 Å². The van der Waals surface area contributed by atoms with Crippen molar-refractivity contribution in [3.63, 3.8) is 0 Å². The summed E-state index contributed by atoms with van der Waals surface area (Å²) in [5.41, 5.74) is 0. The number of fused-ring (bicyclic) bond motifs is 2. The number of aromatic nitrogens is 2. The maximum absolute atomic E-state index is 11.1. The molecule has 3 rings (SSSR count). The Morgan fingerprint density at radius 2 is 2.24 bits per heavy atom. The highest BCUT2D eigenvalue weighted by Crippen LogP contribution is 2.48. The van der Waals surface area contributed by atoms with Gasteiger partial charge in [-0.2, -0.15) is 5.10 Å². The summed E-state index contributed by atoms with van der Waals surface area (Å²) in [7, 11) is 1.63. The van der Waals surface area contributed by atoms with Crippen LogP contribution < -0.4 is 0 Å². The van der Waals surface area contributed by atoms with Gasteiger partial charge in [-0.3, -0.25) is 4.68 Å². The predicted octanol–water partition coefficient (Wildman–Crippen LogP) is 2.25. The predicted molar refractivity (Wildman–Crippen MR) is 64.2 cm³/mol. The van der Waals surface area contributed by atoms with Crippen molar-refractivity contribution < 1.29 is 8.42 Å². The van der Waals surface area contributed by atoms with Crippen molar-refractivity contribution in [2.75, 3.05) is 0 Å². The summed E-state index contributed by atoms with van der Waals surface area (Å²) in [6, 6.07) is 0. The van der Waals surface area contributed by atoms with Crippen LogP contribution in [0.1, 0.15) is 25.7 Å². The van der Waals surface area contributed by atoms with Crippen LogP contribution in [0, 0.1) is 17.8 Å². The highest BCUT2D eigenvalue weighted by Gasteiger charge is 2.39. The van der Waals surface area contributed by atoms with Crippen LogP contribution in [0.25, 0.3) is 0 Å². The van der Waals surface area contributed by atoms with E-state index in [2.05, 4.69) is 5.10 Å². The normalized spacial score (nSPS) is 32.2. The highest BCUT2D eigenvalue weighted by atomic mass is 35.7. The van der Waals surface area contributed by atoms with Crippen LogP contribution in [-0.4, -0.2) is 18.2 Å². The van der Waals surface area contributed by atoms with Gasteiger partial charge in [0.2, 0.25) is 0 Å². The molecule has 2 bridgehead atoms. The van der Waals surface area contributed by atoms with Crippen LogP contribution in [0.15, 0.2) is 17.3 Å². The van der Waals surface area contributed by atoms with Gasteiger partial charge >= 0.3 is 0 Å². The molecule has 1 heterocycles. The Bertz CT molecular complexity index is 525. The first-order valence-electron chi connectivity index (χ1n) is 5.99. The van der Waals surface area contributed by atoms with Crippen molar-refractivity contribution in [3.8, 4) is 0 Å². The number of hydrogen-bond donors (Lipinski definition) is 0. The van der Waals surface area contributed by atoms with Crippen LogP contribution in [0.2, 0.25) is 0 Å². The Labute approximate surface area is 105 Å². The number of nitrogens with zero attached hydrogens (tertiary/aromatic N) is 2. The molecule has 0 aliphatic heterocycles. The summed E-state index contributed by atoms with van der Waals surface area (Å²) in [6.45, 7) is 0.827. The van der Waals surface area contributed by atoms with Gasteiger partial charge in [0, 0.05) is 23.4 Å². The first kappa shape index (κ1) is 11.5. The molecule has 1 aromatic rings. The molecule has 0 radical (unpaired) electrons. The third-order valence-electron chi connectivity index (χ3n) is 4.20. The summed E-state index contributed by atoms with van der Waals surface area (Å²) in [6.07, 6.45) is 8.20. The van der Waals surface area contributed by atoms with E-state index in [4.69, 9.17) is 10.7 Å². The molecule has 1 aromatic heterocycles. The molecule has 6 heteroatoms. The van der Waals surface area contributed by atoms with E-state index in [0.717, 1.165) is 18.4 Å². The third-order valence-corrected chi connectivity index (χ3v) is 5.51. The molecule has 2 aliphatic rings. The molecular formula is C11H15ClN2O2S. The summed E-state index contributed by atoms with van der Waals surface area (Å²) >= 11 is 0. The fourth-order valence-electron chi connectivity index (χ4n) is 3.41. The second kappa shape index (κ2) is 3.99. The van der Waals surface area contributed by atoms with Gasteiger partial charge in [-0.15, -0.1) is 0 Å². The lowest BCUT2D eigenvalue weighted by Crippen LogP contribution is -2.17. The molecule has 0 N–H and O–H groups in total. The molecule has 0 saturated heterocycles. The van der Waals surface area contributed by atoms with Gasteiger partial charge in [0.15, 0.2) is 0 Å². The Morgan fingerprint density at radius 3 is 2.76 bits per heavy atom. The standard InChI is InChI=1S/C11H15ClN2O2S/c12-17(15,16)11-5-13-14(7-11)6-10-4-8-1-2-9(10)3-8/h5,7-10H,1-4,6H2. The molecule has 2 saturated carbocycles. The lowest BCUT2D eigenvalue weighted by atomic mass is 9.89. The minimum Gasteiger partial charge on any atom is -0.271 e. The van der Waals surface area contributed by atoms with E-state index in [1.54, 1.807) is 4.68 Å². The lowest BCUT2D eigenvalue weighted by Gasteiger charge is -2.21. The second-order valence-electron chi connectivity index (χ2n) is 5.27. The molecule has 0 spiro atoms. The smallest absolute Gasteiger partial charge is 0.264 e. The molecule has 3 unspecified atom stereocenters. The van der Waals surface area contributed by atoms with Gasteiger partial charge in [0.1, 0.15) is 4.90 Å². The Morgan fingerprint density at radius 1 is 1.41 bits per heavy atom. The van der Waals surface area contributed by atoms with Crippen molar-refractivity contribution >= 4 is 19.7 Å². The highest BCUT2D eigenvalue weighted by molar-refractivity contribution is 8.13. The molecular weight excluding hydrogens is 260 g/mol. The molecule has 0 amide bonds. The van der Waals surface area contributed by atoms with E-state index in [1.807, 2.05) is 0 Å². The first-order chi connectivity index (χ1) is 8.02. The zero-order valence-electron chi connectivity index (χ0n) is 9.42. The van der Waals surface area contributed by atoms with Gasteiger partial charge in [-0.25, -0.2) is 8.42 Å². The van der Waals surface area contributed by atoms with E-state index in [1.165, 1.54) is 38.1 Å². The maximum Gasteiger partial charge on any atom is 0.264 e. The molecule has 4 nitrogen and oxygen atoms in total. The first-order valence-corrected chi connectivity index (χ1v) is 8.30. The average Bonchev–Trinajstić information content (AvgIpc) is 2.89. The third kappa shape index (κ3) is 2.22. The molecule has 17 heavy (non-hydrogen) atoms. The lowest BCUT2D eigenvalue weighted by molar-refractivity contribution is 0.285. The van der Waals surface area contributed by atoms with Crippen LogP contribution >= 0.6 is 10.7 Å². The summed E-state index contributed by atoms with van der Waals surface area (Å²) in [4.78, 5) is 0.0994. The SMILES string of the molecule is O=S(=O)(Cl)c1cnn(CC2CC3CCC2C3)c1. The topological polar surface area (TPSA) is 52.0 Å². The zero-order chi connectivity index (χ0) is 12.0. The monoisotopic (exact) mass is 274 g/mol. The summed E-state index contributed by atoms with van der Waals surface area (Å²) in [5, 5.41) is 4.08. The number of rotatable bonds is 3. The van der Waals surface area contributed by atoms with Gasteiger partial charge in [-0.05, 0) is 37.0 Å². The van der Waals surface area contributed by atoms with E-state index in [9.17, 15) is 8.42 Å². The Kier molecular flexibility index (Phi) is 2.70. The Balaban J connectivity index is 1.72. The molecule has 2 fully saturated rings. The zero-order valence-corrected chi connectivity index (χ0v) is 11.0. The largest absolute Gasteiger partial charge is 0.271 e. The van der Waals surface area contributed by atoms with E-state index in [0.29, 0.717) is 5.92 Å². The van der Waals surface area contributed by atoms with Crippen molar-refractivity contribution in [1.29, 1.82) is 0 Å². The van der Waals surface area contributed by atoms with Gasteiger partial charge in [0.25, 0.3) is 9.05 Å². The molecule has 3 atom stereocenters. The van der Waals surface area contributed by atoms with Gasteiger partial charge in [0.05, 0.1) is 6.20 Å².